The Labute approximate surface area is 164 Å². The number of hydrogen-bond acceptors (Lipinski definition) is 5. The molecule has 1 aromatic rings. The molecule has 1 N–H and O–H groups in total. The first-order chi connectivity index (χ1) is 13.4. The van der Waals surface area contributed by atoms with E-state index in [1.54, 1.807) is 6.07 Å². The van der Waals surface area contributed by atoms with Crippen LogP contribution in [-0.4, -0.2) is 41.7 Å². The van der Waals surface area contributed by atoms with Crippen LogP contribution in [0.1, 0.15) is 51.0 Å². The lowest BCUT2D eigenvalue weighted by Crippen LogP contribution is -2.37. The van der Waals surface area contributed by atoms with Gasteiger partial charge in [0.2, 0.25) is 11.8 Å². The number of anilines is 1. The Morgan fingerprint density at radius 2 is 1.71 bits per heavy atom. The fourth-order valence-corrected chi connectivity index (χ4v) is 4.01. The zero-order chi connectivity index (χ0) is 20.3. The van der Waals surface area contributed by atoms with Crippen molar-refractivity contribution in [1.29, 1.82) is 0 Å². The van der Waals surface area contributed by atoms with Gasteiger partial charge in [0.25, 0.3) is 5.91 Å². The number of esters is 1. The van der Waals surface area contributed by atoms with Crippen LogP contribution in [0.15, 0.2) is 24.3 Å². The second-order valence-corrected chi connectivity index (χ2v) is 7.71. The number of fused-ring (bicyclic) bond motifs is 1. The van der Waals surface area contributed by atoms with E-state index >= 15 is 0 Å². The highest BCUT2D eigenvalue weighted by molar-refractivity contribution is 6.07. The molecule has 0 spiro atoms. The highest BCUT2D eigenvalue weighted by atomic mass is 16.5. The van der Waals surface area contributed by atoms with Crippen LogP contribution in [0.3, 0.4) is 0 Å². The van der Waals surface area contributed by atoms with E-state index < -0.39 is 25.0 Å². The minimum atomic E-state index is -0.757. The molecule has 1 saturated carbocycles. The normalized spacial score (nSPS) is 21.6. The Hall–Kier alpha value is -2.70. The topological polar surface area (TPSA) is 92.8 Å². The molecule has 0 radical (unpaired) electrons. The predicted molar refractivity (Wildman–Crippen MR) is 102 cm³/mol. The summed E-state index contributed by atoms with van der Waals surface area (Å²) in [6, 6.07) is 7.43. The lowest BCUT2D eigenvalue weighted by molar-refractivity contribution is -0.154. The minimum Gasteiger partial charge on any atom is -0.454 e. The van der Waals surface area contributed by atoms with Gasteiger partial charge in [0.05, 0.1) is 11.8 Å². The largest absolute Gasteiger partial charge is 0.454 e. The molecule has 2 fully saturated rings. The summed E-state index contributed by atoms with van der Waals surface area (Å²) in [6.07, 6.45) is 3.24. The van der Waals surface area contributed by atoms with E-state index in [4.69, 9.17) is 4.74 Å². The van der Waals surface area contributed by atoms with Crippen molar-refractivity contribution in [2.75, 3.05) is 18.5 Å². The number of hydrogen-bond donors (Lipinski definition) is 1. The number of nitrogens with one attached hydrogen (secondary N) is 1. The van der Waals surface area contributed by atoms with Gasteiger partial charge in [-0.25, -0.2) is 0 Å². The first-order valence-electron chi connectivity index (χ1n) is 9.78. The van der Waals surface area contributed by atoms with Gasteiger partial charge in [-0.05, 0) is 30.4 Å². The van der Waals surface area contributed by atoms with Crippen LogP contribution in [0.5, 0.6) is 0 Å². The summed E-state index contributed by atoms with van der Waals surface area (Å²) in [5.41, 5.74) is 1.66. The van der Waals surface area contributed by atoms with Crippen LogP contribution in [0, 0.1) is 11.8 Å². The summed E-state index contributed by atoms with van der Waals surface area (Å²) < 4.78 is 4.99. The molecule has 28 heavy (non-hydrogen) atoms. The highest BCUT2D eigenvalue weighted by Gasteiger charge is 2.48. The van der Waals surface area contributed by atoms with Gasteiger partial charge in [0.1, 0.15) is 6.54 Å². The molecule has 3 rings (SSSR count). The molecule has 0 unspecified atom stereocenters. The van der Waals surface area contributed by atoms with E-state index in [1.807, 2.05) is 32.0 Å². The molecule has 0 bridgehead atoms. The maximum atomic E-state index is 12.4. The number of carbonyl (C=O) groups excluding carboxylic acids is 4. The summed E-state index contributed by atoms with van der Waals surface area (Å²) in [5.74, 6) is -2.17. The van der Waals surface area contributed by atoms with Crippen LogP contribution in [0.25, 0.3) is 0 Å². The van der Waals surface area contributed by atoms with Gasteiger partial charge < -0.3 is 10.1 Å². The number of imide groups is 1. The number of benzene rings is 1. The molecule has 0 aromatic heterocycles. The molecule has 1 aliphatic heterocycles. The molecule has 1 saturated heterocycles. The zero-order valence-corrected chi connectivity index (χ0v) is 16.3. The van der Waals surface area contributed by atoms with Gasteiger partial charge in [-0.3, -0.25) is 24.1 Å². The average molecular weight is 386 g/mol. The van der Waals surface area contributed by atoms with Crippen LogP contribution in [-0.2, 0) is 23.9 Å². The van der Waals surface area contributed by atoms with E-state index in [1.165, 1.54) is 0 Å². The van der Waals surface area contributed by atoms with Crippen LogP contribution in [0.4, 0.5) is 5.69 Å². The van der Waals surface area contributed by atoms with Crippen LogP contribution < -0.4 is 5.32 Å². The monoisotopic (exact) mass is 386 g/mol. The number of carbonyl (C=O) groups is 4. The van der Waals surface area contributed by atoms with Crippen molar-refractivity contribution in [3.8, 4) is 0 Å². The standard InChI is InChI=1S/C21H26N2O5/c1-13(2)14-7-5-6-10-17(14)22-18(24)12-28-19(25)11-23-20(26)15-8-3-4-9-16(15)21(23)27/h5-7,10,13,15-16H,3-4,8-9,11-12H2,1-2H3,(H,22,24)/t15-,16-/m0/s1. The number of para-hydroxylation sites is 1. The molecule has 1 heterocycles. The van der Waals surface area contributed by atoms with Crippen molar-refractivity contribution >= 4 is 29.4 Å². The Balaban J connectivity index is 1.51. The van der Waals surface area contributed by atoms with E-state index in [0.717, 1.165) is 23.3 Å². The summed E-state index contributed by atoms with van der Waals surface area (Å²) in [5, 5.41) is 2.74. The van der Waals surface area contributed by atoms with Crippen molar-refractivity contribution < 1.29 is 23.9 Å². The number of ether oxygens (including phenoxy) is 1. The van der Waals surface area contributed by atoms with Crippen molar-refractivity contribution in [3.63, 3.8) is 0 Å². The van der Waals surface area contributed by atoms with Gasteiger partial charge in [0.15, 0.2) is 6.61 Å². The van der Waals surface area contributed by atoms with Crippen molar-refractivity contribution in [2.45, 2.75) is 45.4 Å². The predicted octanol–water partition coefficient (Wildman–Crippen LogP) is 2.47. The molecule has 3 amide bonds. The molecule has 1 aliphatic carbocycles. The molecular formula is C21H26N2O5. The van der Waals surface area contributed by atoms with Gasteiger partial charge in [-0.1, -0.05) is 44.9 Å². The third-order valence-electron chi connectivity index (χ3n) is 5.44. The highest BCUT2D eigenvalue weighted by Crippen LogP contribution is 2.37. The molecule has 2 aliphatic rings. The Bertz CT molecular complexity index is 765. The summed E-state index contributed by atoms with van der Waals surface area (Å²) in [7, 11) is 0. The fourth-order valence-electron chi connectivity index (χ4n) is 4.01. The minimum absolute atomic E-state index is 0.231. The van der Waals surface area contributed by atoms with Gasteiger partial charge in [-0.15, -0.1) is 0 Å². The number of nitrogens with zero attached hydrogens (tertiary/aromatic N) is 1. The van der Waals surface area contributed by atoms with Gasteiger partial charge in [0, 0.05) is 5.69 Å². The van der Waals surface area contributed by atoms with Crippen molar-refractivity contribution in [1.82, 2.24) is 4.90 Å². The number of amides is 3. The van der Waals surface area contributed by atoms with E-state index in [0.29, 0.717) is 18.5 Å². The summed E-state index contributed by atoms with van der Waals surface area (Å²) in [4.78, 5) is 50.0. The van der Waals surface area contributed by atoms with E-state index in [9.17, 15) is 19.2 Å². The van der Waals surface area contributed by atoms with E-state index in [2.05, 4.69) is 5.32 Å². The lowest BCUT2D eigenvalue weighted by Gasteiger charge is -2.19. The quantitative estimate of drug-likeness (QED) is 0.599. The lowest BCUT2D eigenvalue weighted by atomic mass is 9.81. The smallest absolute Gasteiger partial charge is 0.326 e. The van der Waals surface area contributed by atoms with Gasteiger partial charge in [-0.2, -0.15) is 0 Å². The molecule has 7 heteroatoms. The second-order valence-electron chi connectivity index (χ2n) is 7.71. The molecule has 150 valence electrons. The zero-order valence-electron chi connectivity index (χ0n) is 16.3. The number of likely N-dealkylation sites (tertiary alicyclic amines) is 1. The maximum Gasteiger partial charge on any atom is 0.326 e. The fraction of sp³-hybridized carbons (Fsp3) is 0.524. The Morgan fingerprint density at radius 1 is 1.11 bits per heavy atom. The second kappa shape index (κ2) is 8.54. The summed E-state index contributed by atoms with van der Waals surface area (Å²) in [6.45, 7) is 3.15. The third kappa shape index (κ3) is 4.24. The van der Waals surface area contributed by atoms with Crippen molar-refractivity contribution in [3.05, 3.63) is 29.8 Å². The Kier molecular flexibility index (Phi) is 6.11. The molecule has 2 atom stereocenters. The Morgan fingerprint density at radius 3 is 2.32 bits per heavy atom. The van der Waals surface area contributed by atoms with Crippen molar-refractivity contribution in [2.24, 2.45) is 11.8 Å². The molecule has 7 nitrogen and oxygen atoms in total. The van der Waals surface area contributed by atoms with Crippen LogP contribution >= 0.6 is 0 Å². The number of rotatable bonds is 6. The molecule has 1 aromatic carbocycles. The maximum absolute atomic E-state index is 12.4. The average Bonchev–Trinajstić information content (AvgIpc) is 2.92. The van der Waals surface area contributed by atoms with Crippen LogP contribution in [0.2, 0.25) is 0 Å². The third-order valence-corrected chi connectivity index (χ3v) is 5.44. The first kappa shape index (κ1) is 20.0. The summed E-state index contributed by atoms with van der Waals surface area (Å²) >= 11 is 0. The first-order valence-corrected chi connectivity index (χ1v) is 9.78. The van der Waals surface area contributed by atoms with Gasteiger partial charge >= 0.3 is 5.97 Å². The molecular weight excluding hydrogens is 360 g/mol. The van der Waals surface area contributed by atoms with E-state index in [-0.39, 0.29) is 29.6 Å². The SMILES string of the molecule is CC(C)c1ccccc1NC(=O)COC(=O)CN1C(=O)[C@H]2CCCC[C@@H]2C1=O.